The van der Waals surface area contributed by atoms with Gasteiger partial charge in [-0.2, -0.15) is 0 Å². The third-order valence-electron chi connectivity index (χ3n) is 5.56. The minimum Gasteiger partial charge on any atom is -0.354 e. The van der Waals surface area contributed by atoms with E-state index in [0.29, 0.717) is 13.1 Å². The van der Waals surface area contributed by atoms with Crippen LogP contribution in [0.5, 0.6) is 0 Å². The van der Waals surface area contributed by atoms with Crippen molar-refractivity contribution in [2.75, 3.05) is 19.6 Å². The summed E-state index contributed by atoms with van der Waals surface area (Å²) in [5.41, 5.74) is 1.30. The molecule has 2 aliphatic rings. The Morgan fingerprint density at radius 3 is 2.96 bits per heavy atom. The summed E-state index contributed by atoms with van der Waals surface area (Å²) in [5, 5.41) is 3.92. The van der Waals surface area contributed by atoms with Crippen molar-refractivity contribution in [3.05, 3.63) is 53.1 Å². The van der Waals surface area contributed by atoms with E-state index in [0.717, 1.165) is 43.3 Å². The summed E-state index contributed by atoms with van der Waals surface area (Å²) < 4.78 is 2.15. The van der Waals surface area contributed by atoms with Gasteiger partial charge in [0.25, 0.3) is 0 Å². The molecule has 5 nitrogen and oxygen atoms in total. The lowest BCUT2D eigenvalue weighted by molar-refractivity contribution is -0.123. The molecule has 1 fully saturated rings. The number of halogens is 1. The molecule has 0 atom stereocenters. The van der Waals surface area contributed by atoms with Gasteiger partial charge in [0.05, 0.1) is 13.1 Å². The van der Waals surface area contributed by atoms with Crippen molar-refractivity contribution in [3.8, 4) is 0 Å². The lowest BCUT2D eigenvalue weighted by Crippen LogP contribution is -2.48. The van der Waals surface area contributed by atoms with Crippen LogP contribution in [0.3, 0.4) is 0 Å². The molecule has 1 amide bonds. The van der Waals surface area contributed by atoms with Crippen LogP contribution < -0.4 is 5.32 Å². The third-order valence-corrected chi connectivity index (χ3v) is 5.80. The van der Waals surface area contributed by atoms with Crippen LogP contribution in [-0.4, -0.2) is 40.0 Å². The van der Waals surface area contributed by atoms with Crippen LogP contribution >= 0.6 is 11.6 Å². The van der Waals surface area contributed by atoms with Gasteiger partial charge in [-0.15, -0.1) is 0 Å². The second-order valence-corrected chi connectivity index (χ2v) is 7.60. The Morgan fingerprint density at radius 1 is 1.32 bits per heavy atom. The van der Waals surface area contributed by atoms with E-state index in [1.807, 2.05) is 30.6 Å². The van der Waals surface area contributed by atoms with Crippen LogP contribution in [0.25, 0.3) is 0 Å². The number of nitrogens with one attached hydrogen (secondary N) is 1. The van der Waals surface area contributed by atoms with Crippen LogP contribution in [0.15, 0.2) is 36.7 Å². The highest BCUT2D eigenvalue weighted by Gasteiger charge is 2.39. The topological polar surface area (TPSA) is 50.2 Å². The molecule has 1 aliphatic heterocycles. The summed E-state index contributed by atoms with van der Waals surface area (Å²) in [6, 6.07) is 8.06. The zero-order valence-electron chi connectivity index (χ0n) is 14.2. The van der Waals surface area contributed by atoms with Crippen molar-refractivity contribution >= 4 is 17.5 Å². The Labute approximate surface area is 153 Å². The van der Waals surface area contributed by atoms with Gasteiger partial charge in [-0.1, -0.05) is 30.2 Å². The number of nitrogens with zero attached hydrogens (tertiary/aromatic N) is 3. The number of carbonyl (C=O) groups is 1. The molecule has 25 heavy (non-hydrogen) atoms. The van der Waals surface area contributed by atoms with Gasteiger partial charge in [-0.05, 0) is 30.5 Å². The largest absolute Gasteiger partial charge is 0.354 e. The van der Waals surface area contributed by atoms with Crippen molar-refractivity contribution < 1.29 is 4.79 Å². The summed E-state index contributed by atoms with van der Waals surface area (Å²) in [4.78, 5) is 18.9. The first-order chi connectivity index (χ1) is 12.1. The molecule has 1 aromatic heterocycles. The average molecular weight is 359 g/mol. The van der Waals surface area contributed by atoms with Gasteiger partial charge >= 0.3 is 0 Å². The Hall–Kier alpha value is -1.85. The molecule has 0 spiro atoms. The van der Waals surface area contributed by atoms with Gasteiger partial charge < -0.3 is 9.88 Å². The van der Waals surface area contributed by atoms with E-state index in [4.69, 9.17) is 11.6 Å². The quantitative estimate of drug-likeness (QED) is 0.893. The van der Waals surface area contributed by atoms with Crippen LogP contribution in [0.1, 0.15) is 30.7 Å². The molecule has 1 N–H and O–H groups in total. The van der Waals surface area contributed by atoms with Crippen molar-refractivity contribution in [1.29, 1.82) is 0 Å². The lowest BCUT2D eigenvalue weighted by Gasteiger charge is -2.43. The zero-order chi connectivity index (χ0) is 17.3. The number of hydrogen-bond acceptors (Lipinski definition) is 3. The predicted octanol–water partition coefficient (Wildman–Crippen LogP) is 2.59. The van der Waals surface area contributed by atoms with Crippen molar-refractivity contribution in [2.45, 2.75) is 37.8 Å². The molecule has 2 aromatic rings. The van der Waals surface area contributed by atoms with Gasteiger partial charge in [-0.25, -0.2) is 4.98 Å². The fourth-order valence-electron chi connectivity index (χ4n) is 3.87. The molecule has 0 unspecified atom stereocenters. The SMILES string of the molecule is O=C(CN1CCn2ccnc2C1)NCC1(c2cccc(Cl)c2)CCC1. The molecule has 1 saturated carbocycles. The van der Waals surface area contributed by atoms with E-state index in [1.54, 1.807) is 0 Å². The van der Waals surface area contributed by atoms with Crippen LogP contribution in [0.2, 0.25) is 5.02 Å². The molecule has 0 radical (unpaired) electrons. The number of amides is 1. The van der Waals surface area contributed by atoms with E-state index in [1.165, 1.54) is 12.0 Å². The highest BCUT2D eigenvalue weighted by atomic mass is 35.5. The summed E-state index contributed by atoms with van der Waals surface area (Å²) in [6.45, 7) is 3.64. The molecule has 2 heterocycles. The number of aromatic nitrogens is 2. The summed E-state index contributed by atoms with van der Waals surface area (Å²) in [6.07, 6.45) is 7.24. The number of rotatable bonds is 5. The number of carbonyl (C=O) groups excluding carboxylic acids is 1. The number of benzene rings is 1. The maximum absolute atomic E-state index is 12.4. The Balaban J connectivity index is 1.34. The van der Waals surface area contributed by atoms with E-state index in [2.05, 4.69) is 25.8 Å². The highest BCUT2D eigenvalue weighted by Crippen LogP contribution is 2.43. The van der Waals surface area contributed by atoms with Crippen LogP contribution in [0, 0.1) is 0 Å². The van der Waals surface area contributed by atoms with Crippen molar-refractivity contribution in [2.24, 2.45) is 0 Å². The van der Waals surface area contributed by atoms with E-state index < -0.39 is 0 Å². The lowest BCUT2D eigenvalue weighted by atomic mass is 9.64. The monoisotopic (exact) mass is 358 g/mol. The van der Waals surface area contributed by atoms with Gasteiger partial charge in [0.1, 0.15) is 5.82 Å². The first-order valence-corrected chi connectivity index (χ1v) is 9.28. The van der Waals surface area contributed by atoms with Gasteiger partial charge in [0.2, 0.25) is 5.91 Å². The summed E-state index contributed by atoms with van der Waals surface area (Å²) in [7, 11) is 0. The maximum Gasteiger partial charge on any atom is 0.234 e. The number of hydrogen-bond donors (Lipinski definition) is 1. The minimum absolute atomic E-state index is 0.0543. The third kappa shape index (κ3) is 3.44. The molecule has 1 aliphatic carbocycles. The normalized spacial score (nSPS) is 19.1. The molecule has 4 rings (SSSR count). The second-order valence-electron chi connectivity index (χ2n) is 7.17. The van der Waals surface area contributed by atoms with Crippen molar-refractivity contribution in [3.63, 3.8) is 0 Å². The fraction of sp³-hybridized carbons (Fsp3) is 0.474. The zero-order valence-corrected chi connectivity index (χ0v) is 15.0. The molecule has 1 aromatic carbocycles. The smallest absolute Gasteiger partial charge is 0.234 e. The minimum atomic E-state index is 0.0543. The van der Waals surface area contributed by atoms with Crippen LogP contribution in [0.4, 0.5) is 0 Å². The molecule has 0 bridgehead atoms. The van der Waals surface area contributed by atoms with Gasteiger partial charge in [-0.3, -0.25) is 9.69 Å². The number of fused-ring (bicyclic) bond motifs is 1. The summed E-state index contributed by atoms with van der Waals surface area (Å²) >= 11 is 6.15. The molecular weight excluding hydrogens is 336 g/mol. The Morgan fingerprint density at radius 2 is 2.20 bits per heavy atom. The Kier molecular flexibility index (Phi) is 4.52. The first-order valence-electron chi connectivity index (χ1n) is 8.90. The average Bonchev–Trinajstić information content (AvgIpc) is 3.01. The van der Waals surface area contributed by atoms with Crippen LogP contribution in [-0.2, 0) is 23.3 Å². The highest BCUT2D eigenvalue weighted by molar-refractivity contribution is 6.30. The molecule has 0 saturated heterocycles. The van der Waals surface area contributed by atoms with Gasteiger partial charge in [0, 0.05) is 42.5 Å². The fourth-order valence-corrected chi connectivity index (χ4v) is 4.06. The molecule has 6 heteroatoms. The Bertz CT molecular complexity index is 768. The van der Waals surface area contributed by atoms with E-state index >= 15 is 0 Å². The molecule has 132 valence electrons. The summed E-state index contributed by atoms with van der Waals surface area (Å²) in [5.74, 6) is 1.13. The van der Waals surface area contributed by atoms with Crippen molar-refractivity contribution in [1.82, 2.24) is 19.8 Å². The number of imidazole rings is 1. The predicted molar refractivity (Wildman–Crippen MR) is 97.5 cm³/mol. The standard InChI is InChI=1S/C19H23ClN4O/c20-16-4-1-3-15(11-16)19(5-2-6-19)14-22-18(25)13-23-9-10-24-8-7-21-17(24)12-23/h1,3-4,7-8,11H,2,5-6,9-10,12-14H2,(H,22,25). The van der Waals surface area contributed by atoms with E-state index in [9.17, 15) is 4.79 Å². The second kappa shape index (κ2) is 6.81. The van der Waals surface area contributed by atoms with Gasteiger partial charge in [0.15, 0.2) is 0 Å². The first kappa shape index (κ1) is 16.6. The maximum atomic E-state index is 12.4. The van der Waals surface area contributed by atoms with E-state index in [-0.39, 0.29) is 11.3 Å². The molecular formula is C19H23ClN4O.